The Bertz CT molecular complexity index is 1270. The molecule has 160 valence electrons. The van der Waals surface area contributed by atoms with Crippen LogP contribution in [0, 0.1) is 6.92 Å². The lowest BCUT2D eigenvalue weighted by Gasteiger charge is -2.22. The molecule has 0 aliphatic rings. The molecule has 1 atom stereocenters. The molecule has 3 aromatic heterocycles. The molecule has 0 saturated carbocycles. The standard InChI is InChI=1S/C22H20Cl3N5O/c1-4-31-19-14(9-15(23)12(3)17(19)13-5-6-16(24)28-10-13)11(2)22-29-20(25)18-21(26)27-7-8-30(18)22/h5-11H,4H2,1-3H3,(H2,26,27)/t11-/m0/s1. The van der Waals surface area contributed by atoms with E-state index >= 15 is 0 Å². The largest absolute Gasteiger partial charge is 0.493 e. The molecule has 0 fully saturated rings. The molecule has 2 N–H and O–H groups in total. The highest BCUT2D eigenvalue weighted by molar-refractivity contribution is 6.33. The van der Waals surface area contributed by atoms with Crippen molar-refractivity contribution in [3.05, 3.63) is 69.1 Å². The highest BCUT2D eigenvalue weighted by Crippen LogP contribution is 2.44. The van der Waals surface area contributed by atoms with Crippen molar-refractivity contribution in [2.45, 2.75) is 26.7 Å². The first kappa shape index (κ1) is 21.7. The van der Waals surface area contributed by atoms with Crippen LogP contribution in [0.25, 0.3) is 16.6 Å². The highest BCUT2D eigenvalue weighted by atomic mass is 35.5. The van der Waals surface area contributed by atoms with Crippen molar-refractivity contribution >= 4 is 46.1 Å². The van der Waals surface area contributed by atoms with Crippen molar-refractivity contribution < 1.29 is 4.74 Å². The Balaban J connectivity index is 1.97. The van der Waals surface area contributed by atoms with E-state index in [0.29, 0.717) is 39.1 Å². The summed E-state index contributed by atoms with van der Waals surface area (Å²) < 4.78 is 8.00. The maximum Gasteiger partial charge on any atom is 0.158 e. The number of aromatic nitrogens is 4. The Morgan fingerprint density at radius 1 is 1.19 bits per heavy atom. The Labute approximate surface area is 195 Å². The van der Waals surface area contributed by atoms with Crippen molar-refractivity contribution in [3.63, 3.8) is 0 Å². The monoisotopic (exact) mass is 475 g/mol. The third-order valence-electron chi connectivity index (χ3n) is 5.23. The number of halogens is 3. The van der Waals surface area contributed by atoms with Crippen LogP contribution in [0.1, 0.15) is 36.7 Å². The molecule has 0 unspecified atom stereocenters. The minimum atomic E-state index is -0.208. The topological polar surface area (TPSA) is 78.3 Å². The third-order valence-corrected chi connectivity index (χ3v) is 6.11. The minimum Gasteiger partial charge on any atom is -0.493 e. The summed E-state index contributed by atoms with van der Waals surface area (Å²) >= 11 is 19.0. The number of hydrogen-bond acceptors (Lipinski definition) is 5. The number of nitrogens with two attached hydrogens (primary N) is 1. The van der Waals surface area contributed by atoms with Gasteiger partial charge in [0.05, 0.1) is 6.61 Å². The summed E-state index contributed by atoms with van der Waals surface area (Å²) in [6.45, 7) is 6.40. The second-order valence-electron chi connectivity index (χ2n) is 7.09. The van der Waals surface area contributed by atoms with E-state index in [4.69, 9.17) is 45.3 Å². The normalized spacial score (nSPS) is 12.3. The summed E-state index contributed by atoms with van der Waals surface area (Å²) in [4.78, 5) is 12.9. The number of rotatable bonds is 5. The number of fused-ring (bicyclic) bond motifs is 1. The molecule has 4 rings (SSSR count). The number of hydrogen-bond donors (Lipinski definition) is 1. The maximum atomic E-state index is 6.67. The van der Waals surface area contributed by atoms with Gasteiger partial charge in [0.15, 0.2) is 11.0 Å². The van der Waals surface area contributed by atoms with E-state index in [1.54, 1.807) is 24.7 Å². The molecule has 0 amide bonds. The van der Waals surface area contributed by atoms with Crippen LogP contribution in [0.3, 0.4) is 0 Å². The Morgan fingerprint density at radius 3 is 2.65 bits per heavy atom. The SMILES string of the molecule is CCOc1c([C@H](C)c2nc(Cl)c3c(N)nccn23)cc(Cl)c(C)c1-c1ccc(Cl)nc1. The fourth-order valence-electron chi connectivity index (χ4n) is 3.72. The average molecular weight is 477 g/mol. The Kier molecular flexibility index (Phi) is 5.97. The van der Waals surface area contributed by atoms with E-state index in [-0.39, 0.29) is 5.92 Å². The molecule has 1 aromatic carbocycles. The molecule has 6 nitrogen and oxygen atoms in total. The van der Waals surface area contributed by atoms with Gasteiger partial charge < -0.3 is 10.5 Å². The van der Waals surface area contributed by atoms with Crippen LogP contribution in [-0.2, 0) is 0 Å². The van der Waals surface area contributed by atoms with E-state index in [2.05, 4.69) is 15.0 Å². The zero-order valence-electron chi connectivity index (χ0n) is 17.2. The number of imidazole rings is 1. The molecule has 0 aliphatic carbocycles. The Hall–Kier alpha value is -2.54. The van der Waals surface area contributed by atoms with E-state index in [0.717, 1.165) is 28.0 Å². The third kappa shape index (κ3) is 3.80. The molecule has 3 heterocycles. The van der Waals surface area contributed by atoms with Crippen molar-refractivity contribution in [3.8, 4) is 16.9 Å². The molecule has 9 heteroatoms. The number of benzene rings is 1. The zero-order chi connectivity index (χ0) is 22.3. The number of anilines is 1. The first-order chi connectivity index (χ1) is 14.8. The zero-order valence-corrected chi connectivity index (χ0v) is 19.4. The second-order valence-corrected chi connectivity index (χ2v) is 8.25. The molecule has 0 bridgehead atoms. The van der Waals surface area contributed by atoms with Crippen LogP contribution in [0.4, 0.5) is 5.82 Å². The lowest BCUT2D eigenvalue weighted by Crippen LogP contribution is -2.08. The van der Waals surface area contributed by atoms with E-state index in [1.807, 2.05) is 37.3 Å². The van der Waals surface area contributed by atoms with Gasteiger partial charge >= 0.3 is 0 Å². The molecule has 0 spiro atoms. The van der Waals surface area contributed by atoms with Gasteiger partial charge in [0.1, 0.15) is 22.2 Å². The summed E-state index contributed by atoms with van der Waals surface area (Å²) in [5.41, 5.74) is 10.1. The van der Waals surface area contributed by atoms with E-state index in [9.17, 15) is 0 Å². The average Bonchev–Trinajstić information content (AvgIpc) is 3.09. The van der Waals surface area contributed by atoms with Gasteiger partial charge in [-0.1, -0.05) is 41.7 Å². The summed E-state index contributed by atoms with van der Waals surface area (Å²) in [5.74, 6) is 1.53. The van der Waals surface area contributed by atoms with Crippen molar-refractivity contribution in [1.82, 2.24) is 19.4 Å². The summed E-state index contributed by atoms with van der Waals surface area (Å²) in [5, 5.41) is 1.33. The van der Waals surface area contributed by atoms with Gasteiger partial charge in [0.25, 0.3) is 0 Å². The van der Waals surface area contributed by atoms with Crippen molar-refractivity contribution in [1.29, 1.82) is 0 Å². The van der Waals surface area contributed by atoms with Crippen LogP contribution in [0.15, 0.2) is 36.8 Å². The van der Waals surface area contributed by atoms with Gasteiger partial charge in [-0.2, -0.15) is 0 Å². The van der Waals surface area contributed by atoms with Gasteiger partial charge in [-0.05, 0) is 37.6 Å². The lowest BCUT2D eigenvalue weighted by atomic mass is 9.91. The predicted octanol–water partition coefficient (Wildman–Crippen LogP) is 6.19. The smallest absolute Gasteiger partial charge is 0.158 e. The van der Waals surface area contributed by atoms with E-state index in [1.165, 1.54) is 0 Å². The number of nitrogen functional groups attached to an aromatic ring is 1. The molecular weight excluding hydrogens is 457 g/mol. The van der Waals surface area contributed by atoms with Crippen molar-refractivity contribution in [2.75, 3.05) is 12.3 Å². The first-order valence-corrected chi connectivity index (χ1v) is 10.8. The lowest BCUT2D eigenvalue weighted by molar-refractivity contribution is 0.336. The quantitative estimate of drug-likeness (QED) is 0.347. The number of ether oxygens (including phenoxy) is 1. The molecular formula is C22H20Cl3N5O. The van der Waals surface area contributed by atoms with E-state index < -0.39 is 0 Å². The second kappa shape index (κ2) is 8.54. The first-order valence-electron chi connectivity index (χ1n) is 9.69. The molecule has 4 aromatic rings. The van der Waals surface area contributed by atoms with Crippen molar-refractivity contribution in [2.24, 2.45) is 0 Å². The van der Waals surface area contributed by atoms with Gasteiger partial charge in [0.2, 0.25) is 0 Å². The van der Waals surface area contributed by atoms with Gasteiger partial charge in [0, 0.05) is 46.2 Å². The van der Waals surface area contributed by atoms with Gasteiger partial charge in [-0.15, -0.1) is 0 Å². The van der Waals surface area contributed by atoms with Gasteiger partial charge in [-0.3, -0.25) is 4.40 Å². The predicted molar refractivity (Wildman–Crippen MR) is 126 cm³/mol. The fraction of sp³-hybridized carbons (Fsp3) is 0.227. The van der Waals surface area contributed by atoms with Crippen LogP contribution in [0.2, 0.25) is 15.3 Å². The van der Waals surface area contributed by atoms with Crippen LogP contribution in [0.5, 0.6) is 5.75 Å². The van der Waals surface area contributed by atoms with Crippen LogP contribution >= 0.6 is 34.8 Å². The van der Waals surface area contributed by atoms with Gasteiger partial charge in [-0.25, -0.2) is 15.0 Å². The highest BCUT2D eigenvalue weighted by Gasteiger charge is 2.26. The van der Waals surface area contributed by atoms with Crippen LogP contribution in [-0.4, -0.2) is 26.0 Å². The summed E-state index contributed by atoms with van der Waals surface area (Å²) in [7, 11) is 0. The Morgan fingerprint density at radius 2 is 1.97 bits per heavy atom. The molecule has 31 heavy (non-hydrogen) atoms. The fourth-order valence-corrected chi connectivity index (χ4v) is 4.32. The van der Waals surface area contributed by atoms with Crippen LogP contribution < -0.4 is 10.5 Å². The molecule has 0 radical (unpaired) electrons. The maximum absolute atomic E-state index is 6.67. The number of pyridine rings is 1. The minimum absolute atomic E-state index is 0.208. The summed E-state index contributed by atoms with van der Waals surface area (Å²) in [6.07, 6.45) is 5.12. The summed E-state index contributed by atoms with van der Waals surface area (Å²) in [6, 6.07) is 5.56. The molecule has 0 saturated heterocycles. The molecule has 0 aliphatic heterocycles. The number of nitrogens with zero attached hydrogens (tertiary/aromatic N) is 4.